The number of hydrogen-bond donors (Lipinski definition) is 1. The Morgan fingerprint density at radius 2 is 2.08 bits per heavy atom. The number of para-hydroxylation sites is 1. The lowest BCUT2D eigenvalue weighted by molar-refractivity contribution is 0.0341. The van der Waals surface area contributed by atoms with Gasteiger partial charge in [-0.1, -0.05) is 18.2 Å². The Morgan fingerprint density at radius 1 is 1.33 bits per heavy atom. The maximum atomic E-state index is 5.46. The Bertz CT molecular complexity index is 656. The summed E-state index contributed by atoms with van der Waals surface area (Å²) in [6.45, 7) is 5.23. The van der Waals surface area contributed by atoms with E-state index in [1.54, 1.807) is 11.3 Å². The number of benzene rings is 1. The molecule has 0 amide bonds. The van der Waals surface area contributed by atoms with Crippen LogP contribution in [-0.2, 0) is 17.8 Å². The van der Waals surface area contributed by atoms with E-state index in [9.17, 15) is 0 Å². The molecule has 2 heterocycles. The summed E-state index contributed by atoms with van der Waals surface area (Å²) in [6, 6.07) is 9.97. The summed E-state index contributed by atoms with van der Waals surface area (Å²) in [7, 11) is 1.99. The molecule has 0 radical (unpaired) electrons. The lowest BCUT2D eigenvalue weighted by Gasteiger charge is -2.25. The number of anilines is 1. The van der Waals surface area contributed by atoms with Gasteiger partial charge in [-0.2, -0.15) is 0 Å². The molecule has 0 atom stereocenters. The molecule has 7 heteroatoms. The molecule has 1 fully saturated rings. The molecule has 0 unspecified atom stereocenters. The van der Waals surface area contributed by atoms with Crippen molar-refractivity contribution in [1.29, 1.82) is 0 Å². The van der Waals surface area contributed by atoms with Crippen molar-refractivity contribution in [1.82, 2.24) is 14.8 Å². The zero-order valence-corrected chi connectivity index (χ0v) is 15.4. The molecule has 0 bridgehead atoms. The zero-order valence-electron chi connectivity index (χ0n) is 13.8. The minimum atomic E-state index is 0.698. The number of morpholine rings is 1. The molecule has 1 aliphatic heterocycles. The van der Waals surface area contributed by atoms with Crippen LogP contribution in [0.2, 0.25) is 0 Å². The molecule has 1 aromatic heterocycles. The SMILES string of the molecule is CN(Cc1csc(CN2CCOCC2)n1)C(=S)Nc1ccccc1. The second-order valence-electron chi connectivity index (χ2n) is 5.77. The van der Waals surface area contributed by atoms with Crippen LogP contribution in [0.5, 0.6) is 0 Å². The van der Waals surface area contributed by atoms with Crippen molar-refractivity contribution in [3.63, 3.8) is 0 Å². The summed E-state index contributed by atoms with van der Waals surface area (Å²) in [4.78, 5) is 9.14. The van der Waals surface area contributed by atoms with Gasteiger partial charge in [0.15, 0.2) is 5.11 Å². The summed E-state index contributed by atoms with van der Waals surface area (Å²) in [5.41, 5.74) is 2.06. The van der Waals surface area contributed by atoms with E-state index >= 15 is 0 Å². The van der Waals surface area contributed by atoms with Crippen LogP contribution in [0, 0.1) is 0 Å². The van der Waals surface area contributed by atoms with E-state index < -0.39 is 0 Å². The molecule has 3 rings (SSSR count). The molecular formula is C17H22N4OS2. The number of nitrogens with one attached hydrogen (secondary N) is 1. The lowest BCUT2D eigenvalue weighted by atomic mass is 10.3. The molecule has 128 valence electrons. The van der Waals surface area contributed by atoms with Crippen molar-refractivity contribution < 1.29 is 4.74 Å². The van der Waals surface area contributed by atoms with Crippen molar-refractivity contribution in [2.75, 3.05) is 38.7 Å². The smallest absolute Gasteiger partial charge is 0.173 e. The number of thiocarbonyl (C=S) groups is 1. The Morgan fingerprint density at radius 3 is 2.83 bits per heavy atom. The van der Waals surface area contributed by atoms with E-state index in [0.29, 0.717) is 11.7 Å². The molecule has 2 aromatic rings. The predicted molar refractivity (Wildman–Crippen MR) is 102 cm³/mol. The zero-order chi connectivity index (χ0) is 16.8. The second kappa shape index (κ2) is 8.53. The maximum absolute atomic E-state index is 5.46. The highest BCUT2D eigenvalue weighted by molar-refractivity contribution is 7.80. The Kier molecular flexibility index (Phi) is 6.14. The van der Waals surface area contributed by atoms with Crippen LogP contribution in [0.4, 0.5) is 5.69 Å². The van der Waals surface area contributed by atoms with Gasteiger partial charge in [0.25, 0.3) is 0 Å². The molecule has 0 spiro atoms. The average Bonchev–Trinajstić information content (AvgIpc) is 3.03. The fraction of sp³-hybridized carbons (Fsp3) is 0.412. The fourth-order valence-electron chi connectivity index (χ4n) is 2.50. The van der Waals surface area contributed by atoms with Gasteiger partial charge >= 0.3 is 0 Å². The minimum Gasteiger partial charge on any atom is -0.379 e. The van der Waals surface area contributed by atoms with Crippen molar-refractivity contribution >= 4 is 34.4 Å². The maximum Gasteiger partial charge on any atom is 0.173 e. The monoisotopic (exact) mass is 362 g/mol. The molecule has 5 nitrogen and oxygen atoms in total. The summed E-state index contributed by atoms with van der Waals surface area (Å²) in [6.07, 6.45) is 0. The van der Waals surface area contributed by atoms with Crippen molar-refractivity contribution in [3.8, 4) is 0 Å². The third-order valence-corrected chi connectivity index (χ3v) is 5.13. The van der Waals surface area contributed by atoms with Crippen LogP contribution in [0.25, 0.3) is 0 Å². The number of ether oxygens (including phenoxy) is 1. The first kappa shape index (κ1) is 17.3. The Labute approximate surface area is 152 Å². The van der Waals surface area contributed by atoms with E-state index in [2.05, 4.69) is 15.6 Å². The summed E-state index contributed by atoms with van der Waals surface area (Å²) < 4.78 is 5.38. The predicted octanol–water partition coefficient (Wildman–Crippen LogP) is 2.80. The molecule has 1 saturated heterocycles. The molecule has 24 heavy (non-hydrogen) atoms. The van der Waals surface area contributed by atoms with Crippen LogP contribution in [-0.4, -0.2) is 53.2 Å². The van der Waals surface area contributed by atoms with Crippen LogP contribution in [0.1, 0.15) is 10.7 Å². The number of thiazole rings is 1. The van der Waals surface area contributed by atoms with Gasteiger partial charge in [-0.15, -0.1) is 11.3 Å². The van der Waals surface area contributed by atoms with Gasteiger partial charge in [0.05, 0.1) is 32.0 Å². The number of nitrogens with zero attached hydrogens (tertiary/aromatic N) is 3. The number of hydrogen-bond acceptors (Lipinski definition) is 5. The van der Waals surface area contributed by atoms with Crippen LogP contribution >= 0.6 is 23.6 Å². The molecule has 0 aliphatic carbocycles. The van der Waals surface area contributed by atoms with Crippen LogP contribution < -0.4 is 5.32 Å². The first-order valence-corrected chi connectivity index (χ1v) is 9.30. The van der Waals surface area contributed by atoms with Gasteiger partial charge < -0.3 is 15.0 Å². The van der Waals surface area contributed by atoms with E-state index in [1.807, 2.05) is 42.3 Å². The summed E-state index contributed by atoms with van der Waals surface area (Å²) >= 11 is 7.18. The Hall–Kier alpha value is -1.54. The van der Waals surface area contributed by atoms with Gasteiger partial charge in [-0.25, -0.2) is 4.98 Å². The van der Waals surface area contributed by atoms with E-state index in [4.69, 9.17) is 21.9 Å². The molecule has 1 aromatic carbocycles. The quantitative estimate of drug-likeness (QED) is 0.825. The molecular weight excluding hydrogens is 340 g/mol. The highest BCUT2D eigenvalue weighted by Gasteiger charge is 2.14. The summed E-state index contributed by atoms with van der Waals surface area (Å²) in [5.74, 6) is 0. The van der Waals surface area contributed by atoms with Crippen molar-refractivity contribution in [3.05, 3.63) is 46.4 Å². The van der Waals surface area contributed by atoms with Gasteiger partial charge in [0.1, 0.15) is 5.01 Å². The third kappa shape index (κ3) is 4.98. The number of aromatic nitrogens is 1. The highest BCUT2D eigenvalue weighted by Crippen LogP contribution is 2.15. The largest absolute Gasteiger partial charge is 0.379 e. The van der Waals surface area contributed by atoms with Crippen molar-refractivity contribution in [2.24, 2.45) is 0 Å². The first-order chi connectivity index (χ1) is 11.7. The molecule has 1 N–H and O–H groups in total. The molecule has 1 aliphatic rings. The van der Waals surface area contributed by atoms with Gasteiger partial charge in [-0.05, 0) is 24.4 Å². The normalized spacial score (nSPS) is 15.2. The van der Waals surface area contributed by atoms with Gasteiger partial charge in [0.2, 0.25) is 0 Å². The van der Waals surface area contributed by atoms with Crippen LogP contribution in [0.15, 0.2) is 35.7 Å². The lowest BCUT2D eigenvalue weighted by Crippen LogP contribution is -2.35. The highest BCUT2D eigenvalue weighted by atomic mass is 32.1. The van der Waals surface area contributed by atoms with E-state index in [1.165, 1.54) is 0 Å². The van der Waals surface area contributed by atoms with Crippen molar-refractivity contribution in [2.45, 2.75) is 13.1 Å². The minimum absolute atomic E-state index is 0.698. The first-order valence-electron chi connectivity index (χ1n) is 8.01. The van der Waals surface area contributed by atoms with Gasteiger partial charge in [0, 0.05) is 31.2 Å². The van der Waals surface area contributed by atoms with E-state index in [-0.39, 0.29) is 0 Å². The van der Waals surface area contributed by atoms with Gasteiger partial charge in [-0.3, -0.25) is 4.90 Å². The van der Waals surface area contributed by atoms with Crippen LogP contribution in [0.3, 0.4) is 0 Å². The topological polar surface area (TPSA) is 40.6 Å². The fourth-order valence-corrected chi connectivity index (χ4v) is 3.51. The number of rotatable bonds is 5. The van der Waals surface area contributed by atoms with E-state index in [0.717, 1.165) is 49.2 Å². The Balaban J connectivity index is 1.50. The molecule has 0 saturated carbocycles. The second-order valence-corrected chi connectivity index (χ2v) is 7.10. The standard InChI is InChI=1S/C17H22N4OS2/c1-20(17(23)19-14-5-3-2-4-6-14)11-15-13-24-16(18-15)12-21-7-9-22-10-8-21/h2-6,13H,7-12H2,1H3,(H,19,23). The average molecular weight is 363 g/mol. The summed E-state index contributed by atoms with van der Waals surface area (Å²) in [5, 5.41) is 7.22. The third-order valence-electron chi connectivity index (χ3n) is 3.83.